The molecule has 30 heavy (non-hydrogen) atoms. The van der Waals surface area contributed by atoms with Crippen molar-refractivity contribution >= 4 is 35.1 Å². The van der Waals surface area contributed by atoms with E-state index in [9.17, 15) is 18.4 Å². The summed E-state index contributed by atoms with van der Waals surface area (Å²) in [4.78, 5) is 34.6. The standard InChI is InChI=1S/C19H19ClF2N4O4/c20-14-10-13(2-3-15(14)30-18(21)22)25-16(27)11-29-17(28)12-4-8-26(9-5-12)19-23-6-1-7-24-19/h1-3,6-7,10,12,18H,4-5,8-9,11H2,(H,25,27). The topological polar surface area (TPSA) is 93.7 Å². The number of carbonyl (C=O) groups is 2. The zero-order chi connectivity index (χ0) is 21.5. The van der Waals surface area contributed by atoms with Crippen LogP contribution in [0.1, 0.15) is 12.8 Å². The number of piperidine rings is 1. The number of nitrogens with one attached hydrogen (secondary N) is 1. The lowest BCUT2D eigenvalue weighted by Crippen LogP contribution is -2.38. The quantitative estimate of drug-likeness (QED) is 0.661. The molecule has 0 atom stereocenters. The first-order valence-electron chi connectivity index (χ1n) is 9.15. The Morgan fingerprint density at radius 2 is 1.93 bits per heavy atom. The Balaban J connectivity index is 1.43. The Kier molecular flexibility index (Phi) is 7.34. The van der Waals surface area contributed by atoms with Crippen molar-refractivity contribution in [2.45, 2.75) is 19.5 Å². The van der Waals surface area contributed by atoms with Crippen LogP contribution in [0, 0.1) is 5.92 Å². The molecule has 11 heteroatoms. The summed E-state index contributed by atoms with van der Waals surface area (Å²) in [7, 11) is 0. The number of benzene rings is 1. The monoisotopic (exact) mass is 440 g/mol. The van der Waals surface area contributed by atoms with Crippen LogP contribution in [-0.2, 0) is 14.3 Å². The molecule has 1 aliphatic heterocycles. The summed E-state index contributed by atoms with van der Waals surface area (Å²) in [6.07, 6.45) is 4.46. The van der Waals surface area contributed by atoms with Gasteiger partial charge < -0.3 is 19.7 Å². The Morgan fingerprint density at radius 1 is 1.23 bits per heavy atom. The van der Waals surface area contributed by atoms with Gasteiger partial charge in [0.2, 0.25) is 5.95 Å². The molecule has 1 aliphatic rings. The van der Waals surface area contributed by atoms with E-state index in [4.69, 9.17) is 16.3 Å². The second-order valence-corrected chi connectivity index (χ2v) is 6.90. The van der Waals surface area contributed by atoms with Crippen molar-refractivity contribution in [2.24, 2.45) is 5.92 Å². The van der Waals surface area contributed by atoms with Gasteiger partial charge in [-0.15, -0.1) is 0 Å². The van der Waals surface area contributed by atoms with Gasteiger partial charge in [-0.25, -0.2) is 9.97 Å². The number of hydrogen-bond donors (Lipinski definition) is 1. The highest BCUT2D eigenvalue weighted by Gasteiger charge is 2.27. The number of amides is 1. The number of esters is 1. The van der Waals surface area contributed by atoms with E-state index in [1.807, 2.05) is 4.90 Å². The minimum Gasteiger partial charge on any atom is -0.455 e. The first kappa shape index (κ1) is 21.7. The molecule has 3 rings (SSSR count). The molecular weight excluding hydrogens is 422 g/mol. The molecule has 1 aromatic heterocycles. The van der Waals surface area contributed by atoms with Crippen LogP contribution in [0.3, 0.4) is 0 Å². The van der Waals surface area contributed by atoms with Crippen molar-refractivity contribution in [3.63, 3.8) is 0 Å². The van der Waals surface area contributed by atoms with Gasteiger partial charge in [0, 0.05) is 31.2 Å². The fourth-order valence-electron chi connectivity index (χ4n) is 2.99. The van der Waals surface area contributed by atoms with Crippen LogP contribution in [-0.4, -0.2) is 48.2 Å². The molecule has 0 aliphatic carbocycles. The molecule has 0 spiro atoms. The van der Waals surface area contributed by atoms with E-state index >= 15 is 0 Å². The maximum atomic E-state index is 12.2. The van der Waals surface area contributed by atoms with Crippen molar-refractivity contribution in [2.75, 3.05) is 29.9 Å². The van der Waals surface area contributed by atoms with E-state index in [0.29, 0.717) is 31.9 Å². The van der Waals surface area contributed by atoms with Crippen molar-refractivity contribution in [1.29, 1.82) is 0 Å². The number of ether oxygens (including phenoxy) is 2. The van der Waals surface area contributed by atoms with Crippen molar-refractivity contribution in [3.05, 3.63) is 41.7 Å². The first-order valence-corrected chi connectivity index (χ1v) is 9.53. The fraction of sp³-hybridized carbons (Fsp3) is 0.368. The van der Waals surface area contributed by atoms with Gasteiger partial charge in [-0.05, 0) is 37.1 Å². The van der Waals surface area contributed by atoms with E-state index in [-0.39, 0.29) is 22.4 Å². The summed E-state index contributed by atoms with van der Waals surface area (Å²) in [5, 5.41) is 2.40. The van der Waals surface area contributed by atoms with Crippen LogP contribution in [0.2, 0.25) is 5.02 Å². The summed E-state index contributed by atoms with van der Waals surface area (Å²) >= 11 is 5.83. The number of halogens is 3. The predicted molar refractivity (Wildman–Crippen MR) is 105 cm³/mol. The highest BCUT2D eigenvalue weighted by Crippen LogP contribution is 2.29. The number of alkyl halides is 2. The molecule has 0 unspecified atom stereocenters. The Labute approximate surface area is 176 Å². The third-order valence-electron chi connectivity index (χ3n) is 4.44. The molecule has 1 saturated heterocycles. The normalized spacial score (nSPS) is 14.5. The highest BCUT2D eigenvalue weighted by atomic mass is 35.5. The fourth-order valence-corrected chi connectivity index (χ4v) is 3.22. The Morgan fingerprint density at radius 3 is 2.57 bits per heavy atom. The number of anilines is 2. The van der Waals surface area contributed by atoms with Crippen LogP contribution in [0.5, 0.6) is 5.75 Å². The van der Waals surface area contributed by atoms with Crippen molar-refractivity contribution in [1.82, 2.24) is 9.97 Å². The maximum Gasteiger partial charge on any atom is 0.387 e. The van der Waals surface area contributed by atoms with Crippen molar-refractivity contribution < 1.29 is 27.8 Å². The molecule has 2 heterocycles. The van der Waals surface area contributed by atoms with Crippen molar-refractivity contribution in [3.8, 4) is 5.75 Å². The summed E-state index contributed by atoms with van der Waals surface area (Å²) in [6, 6.07) is 5.56. The van der Waals surface area contributed by atoms with Gasteiger partial charge in [-0.2, -0.15) is 8.78 Å². The van der Waals surface area contributed by atoms with Gasteiger partial charge >= 0.3 is 12.6 Å². The number of aromatic nitrogens is 2. The average Bonchev–Trinajstić information content (AvgIpc) is 2.74. The number of rotatable bonds is 7. The molecule has 0 bridgehead atoms. The molecule has 160 valence electrons. The number of nitrogens with zero attached hydrogens (tertiary/aromatic N) is 3. The van der Waals surface area contributed by atoms with E-state index < -0.39 is 25.1 Å². The number of carbonyl (C=O) groups excluding carboxylic acids is 2. The average molecular weight is 441 g/mol. The lowest BCUT2D eigenvalue weighted by Gasteiger charge is -2.30. The molecule has 1 fully saturated rings. The lowest BCUT2D eigenvalue weighted by atomic mass is 9.97. The Hall–Kier alpha value is -3.01. The van der Waals surface area contributed by atoms with Gasteiger partial charge in [-0.3, -0.25) is 9.59 Å². The number of hydrogen-bond acceptors (Lipinski definition) is 7. The van der Waals surface area contributed by atoms with E-state index in [1.165, 1.54) is 18.2 Å². The molecule has 1 amide bonds. The summed E-state index contributed by atoms with van der Waals surface area (Å²) < 4.78 is 33.8. The third kappa shape index (κ3) is 5.99. The smallest absolute Gasteiger partial charge is 0.387 e. The molecule has 0 radical (unpaired) electrons. The second kappa shape index (κ2) is 10.1. The second-order valence-electron chi connectivity index (χ2n) is 6.49. The van der Waals surface area contributed by atoms with Crippen LogP contribution < -0.4 is 15.0 Å². The first-order chi connectivity index (χ1) is 14.4. The van der Waals surface area contributed by atoms with Crippen LogP contribution in [0.4, 0.5) is 20.4 Å². The molecule has 0 saturated carbocycles. The van der Waals surface area contributed by atoms with E-state index in [1.54, 1.807) is 18.5 Å². The van der Waals surface area contributed by atoms with Gasteiger partial charge in [0.15, 0.2) is 6.61 Å². The van der Waals surface area contributed by atoms with Gasteiger partial charge in [0.1, 0.15) is 5.75 Å². The largest absolute Gasteiger partial charge is 0.455 e. The Bertz CT molecular complexity index is 880. The summed E-state index contributed by atoms with van der Waals surface area (Å²) in [6.45, 7) is -2.24. The molecular formula is C19H19ClF2N4O4. The van der Waals surface area contributed by atoms with Gasteiger partial charge in [0.05, 0.1) is 10.9 Å². The molecule has 2 aromatic rings. The minimum absolute atomic E-state index is 0.0840. The zero-order valence-electron chi connectivity index (χ0n) is 15.8. The maximum absolute atomic E-state index is 12.2. The SMILES string of the molecule is O=C(COC(=O)C1CCN(c2ncccn2)CC1)Nc1ccc(OC(F)F)c(Cl)c1. The molecule has 8 nitrogen and oxygen atoms in total. The van der Waals surface area contributed by atoms with Crippen LogP contribution >= 0.6 is 11.6 Å². The minimum atomic E-state index is -3.01. The van der Waals surface area contributed by atoms with Crippen LogP contribution in [0.25, 0.3) is 0 Å². The molecule has 1 N–H and O–H groups in total. The van der Waals surface area contributed by atoms with E-state index in [2.05, 4.69) is 20.0 Å². The summed E-state index contributed by atoms with van der Waals surface area (Å²) in [5.74, 6) is -0.914. The van der Waals surface area contributed by atoms with E-state index in [0.717, 1.165) is 0 Å². The zero-order valence-corrected chi connectivity index (χ0v) is 16.5. The predicted octanol–water partition coefficient (Wildman–Crippen LogP) is 3.13. The van der Waals surface area contributed by atoms with Gasteiger partial charge in [0.25, 0.3) is 5.91 Å². The lowest BCUT2D eigenvalue weighted by molar-refractivity contribution is -0.152. The summed E-state index contributed by atoms with van der Waals surface area (Å²) in [5.41, 5.74) is 0.263. The van der Waals surface area contributed by atoms with Crippen LogP contribution in [0.15, 0.2) is 36.7 Å². The van der Waals surface area contributed by atoms with Gasteiger partial charge in [-0.1, -0.05) is 11.6 Å². The highest BCUT2D eigenvalue weighted by molar-refractivity contribution is 6.32. The third-order valence-corrected chi connectivity index (χ3v) is 4.74. The molecule has 1 aromatic carbocycles.